The van der Waals surface area contributed by atoms with E-state index in [0.29, 0.717) is 5.12 Å². The van der Waals surface area contributed by atoms with E-state index in [1.54, 1.807) is 0 Å². The molecule has 0 aliphatic carbocycles. The highest BCUT2D eigenvalue weighted by molar-refractivity contribution is 5.57. The summed E-state index contributed by atoms with van der Waals surface area (Å²) in [5.41, 5.74) is 1.90. The van der Waals surface area contributed by atoms with Crippen molar-refractivity contribution in [2.24, 2.45) is 10.9 Å². The van der Waals surface area contributed by atoms with Crippen molar-refractivity contribution in [1.82, 2.24) is 5.43 Å². The number of nitro benzene ring substituents is 1. The molecule has 0 radical (unpaired) electrons. The van der Waals surface area contributed by atoms with Crippen LogP contribution in [0.2, 0.25) is 0 Å². The standard InChI is InChI=1S/C7H8N6O4/c8-9-5-10-11(13(16)17)6-1-3-7(4-2-6)12(14)15/h1-5H,8H2,(H,9,10). The van der Waals surface area contributed by atoms with Gasteiger partial charge in [-0.15, -0.1) is 0 Å². The van der Waals surface area contributed by atoms with Gasteiger partial charge in [0.15, 0.2) is 0 Å². The molecular formula is C7H8N6O4. The smallest absolute Gasteiger partial charge is 0.269 e. The van der Waals surface area contributed by atoms with E-state index < -0.39 is 9.96 Å². The maximum Gasteiger partial charge on any atom is 0.269 e. The lowest BCUT2D eigenvalue weighted by atomic mass is 10.3. The number of hydrogen-bond acceptors (Lipinski definition) is 6. The first-order chi connectivity index (χ1) is 8.06. The van der Waals surface area contributed by atoms with Crippen LogP contribution in [-0.4, -0.2) is 16.3 Å². The Labute approximate surface area is 94.6 Å². The topological polar surface area (TPSA) is 140 Å². The van der Waals surface area contributed by atoms with Gasteiger partial charge in [0.25, 0.3) is 5.69 Å². The number of benzene rings is 1. The molecule has 0 saturated carbocycles. The molecule has 0 bridgehead atoms. The van der Waals surface area contributed by atoms with E-state index in [2.05, 4.69) is 5.10 Å². The van der Waals surface area contributed by atoms with Gasteiger partial charge in [0.1, 0.15) is 5.69 Å². The lowest BCUT2D eigenvalue weighted by Gasteiger charge is -2.07. The number of nitrogens with zero attached hydrogens (tertiary/aromatic N) is 4. The second-order valence-corrected chi connectivity index (χ2v) is 2.71. The number of anilines is 1. The van der Waals surface area contributed by atoms with Crippen molar-refractivity contribution in [3.8, 4) is 0 Å². The molecule has 0 aliphatic heterocycles. The fourth-order valence-corrected chi connectivity index (χ4v) is 0.999. The number of hydrogen-bond donors (Lipinski definition) is 2. The van der Waals surface area contributed by atoms with Crippen molar-refractivity contribution in [2.45, 2.75) is 0 Å². The predicted octanol–water partition coefficient (Wildman–Crippen LogP) is -0.000500. The SMILES string of the molecule is NN/C=N/N(c1ccc([N+](=O)[O-])cc1)[N+](=O)[O-]. The Hall–Kier alpha value is -2.75. The first-order valence-electron chi connectivity index (χ1n) is 4.23. The van der Waals surface area contributed by atoms with E-state index in [1.165, 1.54) is 12.1 Å². The van der Waals surface area contributed by atoms with Gasteiger partial charge in [0.2, 0.25) is 6.34 Å². The third-order valence-corrected chi connectivity index (χ3v) is 1.69. The van der Waals surface area contributed by atoms with Gasteiger partial charge in [0.05, 0.1) is 15.1 Å². The van der Waals surface area contributed by atoms with Gasteiger partial charge in [-0.05, 0) is 12.1 Å². The highest BCUT2D eigenvalue weighted by atomic mass is 16.7. The number of nitro groups is 2. The van der Waals surface area contributed by atoms with E-state index in [1.807, 2.05) is 5.43 Å². The molecule has 17 heavy (non-hydrogen) atoms. The van der Waals surface area contributed by atoms with Crippen molar-refractivity contribution in [2.75, 3.05) is 5.12 Å². The summed E-state index contributed by atoms with van der Waals surface area (Å²) in [6, 6.07) is 4.68. The van der Waals surface area contributed by atoms with Crippen LogP contribution in [0.4, 0.5) is 11.4 Å². The van der Waals surface area contributed by atoms with Crippen molar-refractivity contribution in [1.29, 1.82) is 0 Å². The molecule has 0 amide bonds. The van der Waals surface area contributed by atoms with Crippen LogP contribution in [0, 0.1) is 20.2 Å². The first kappa shape index (κ1) is 12.3. The maximum atomic E-state index is 10.6. The van der Waals surface area contributed by atoms with E-state index in [-0.39, 0.29) is 11.4 Å². The number of nitrogens with one attached hydrogen (secondary N) is 1. The fraction of sp³-hybridized carbons (Fsp3) is 0. The number of hydrazone groups is 1. The Morgan fingerprint density at radius 3 is 2.29 bits per heavy atom. The highest BCUT2D eigenvalue weighted by Crippen LogP contribution is 2.19. The third-order valence-electron chi connectivity index (χ3n) is 1.69. The van der Waals surface area contributed by atoms with E-state index >= 15 is 0 Å². The molecule has 1 aromatic rings. The van der Waals surface area contributed by atoms with Gasteiger partial charge in [-0.25, -0.2) is 5.84 Å². The molecule has 0 unspecified atom stereocenters. The Morgan fingerprint density at radius 2 is 1.88 bits per heavy atom. The molecule has 10 nitrogen and oxygen atoms in total. The van der Waals surface area contributed by atoms with E-state index in [4.69, 9.17) is 5.84 Å². The maximum absolute atomic E-state index is 10.6. The van der Waals surface area contributed by atoms with Crippen LogP contribution in [0.15, 0.2) is 29.4 Å². The Kier molecular flexibility index (Phi) is 3.89. The number of non-ortho nitro benzene ring substituents is 1. The molecule has 0 aromatic heterocycles. The molecule has 90 valence electrons. The van der Waals surface area contributed by atoms with Gasteiger partial charge >= 0.3 is 0 Å². The van der Waals surface area contributed by atoms with Crippen LogP contribution >= 0.6 is 0 Å². The van der Waals surface area contributed by atoms with Crippen LogP contribution in [0.3, 0.4) is 0 Å². The summed E-state index contributed by atoms with van der Waals surface area (Å²) in [7, 11) is 0. The molecule has 0 heterocycles. The molecule has 0 atom stereocenters. The molecule has 3 N–H and O–H groups in total. The molecule has 1 rings (SSSR count). The van der Waals surface area contributed by atoms with Gasteiger partial charge in [-0.3, -0.25) is 15.5 Å². The number of hydrazine groups is 2. The molecule has 0 saturated heterocycles. The Bertz CT molecular complexity index is 444. The minimum absolute atomic E-state index is 0.0621. The fourth-order valence-electron chi connectivity index (χ4n) is 0.999. The van der Waals surface area contributed by atoms with Crippen LogP contribution in [0.1, 0.15) is 0 Å². The summed E-state index contributed by atoms with van der Waals surface area (Å²) in [4.78, 5) is 20.4. The number of rotatable bonds is 5. The number of nitrogens with two attached hydrogens (primary N) is 1. The van der Waals surface area contributed by atoms with Gasteiger partial charge in [-0.2, -0.15) is 0 Å². The van der Waals surface area contributed by atoms with Crippen LogP contribution in [0.25, 0.3) is 0 Å². The van der Waals surface area contributed by atoms with Crippen molar-refractivity contribution < 1.29 is 9.96 Å². The van der Waals surface area contributed by atoms with E-state index in [9.17, 15) is 20.2 Å². The minimum atomic E-state index is -0.797. The summed E-state index contributed by atoms with van der Waals surface area (Å²) in [5, 5.41) is 24.0. The van der Waals surface area contributed by atoms with Gasteiger partial charge in [0, 0.05) is 17.3 Å². The zero-order valence-corrected chi connectivity index (χ0v) is 8.39. The molecule has 0 aliphatic rings. The van der Waals surface area contributed by atoms with Crippen LogP contribution in [0.5, 0.6) is 0 Å². The molecule has 0 spiro atoms. The summed E-state index contributed by atoms with van der Waals surface area (Å²) >= 11 is 0. The normalized spacial score (nSPS) is 10.2. The monoisotopic (exact) mass is 240 g/mol. The largest absolute Gasteiger partial charge is 0.339 e. The first-order valence-corrected chi connectivity index (χ1v) is 4.23. The summed E-state index contributed by atoms with van der Waals surface area (Å²) in [6.07, 6.45) is 0.907. The van der Waals surface area contributed by atoms with Gasteiger partial charge in [-0.1, -0.05) is 0 Å². The van der Waals surface area contributed by atoms with E-state index in [0.717, 1.165) is 18.5 Å². The summed E-state index contributed by atoms with van der Waals surface area (Å²) in [6.45, 7) is 0. The Balaban J connectivity index is 2.99. The summed E-state index contributed by atoms with van der Waals surface area (Å²) < 4.78 is 0. The van der Waals surface area contributed by atoms with Crippen LogP contribution < -0.4 is 16.4 Å². The average molecular weight is 240 g/mol. The quantitative estimate of drug-likeness (QED) is 0.242. The van der Waals surface area contributed by atoms with Crippen molar-refractivity contribution in [3.05, 3.63) is 44.5 Å². The average Bonchev–Trinajstić information content (AvgIpc) is 2.29. The van der Waals surface area contributed by atoms with Crippen molar-refractivity contribution in [3.63, 3.8) is 0 Å². The third kappa shape index (κ3) is 3.10. The molecule has 1 aromatic carbocycles. The van der Waals surface area contributed by atoms with Crippen molar-refractivity contribution >= 4 is 17.7 Å². The summed E-state index contributed by atoms with van der Waals surface area (Å²) in [5.74, 6) is 4.88. The zero-order chi connectivity index (χ0) is 12.8. The highest BCUT2D eigenvalue weighted by Gasteiger charge is 2.16. The minimum Gasteiger partial charge on any atom is -0.339 e. The molecule has 0 fully saturated rings. The molecule has 10 heteroatoms. The Morgan fingerprint density at radius 1 is 1.29 bits per heavy atom. The lowest BCUT2D eigenvalue weighted by molar-refractivity contribution is -0.495. The molecular weight excluding hydrogens is 232 g/mol. The predicted molar refractivity (Wildman–Crippen MR) is 58.4 cm³/mol. The second kappa shape index (κ2) is 5.37. The second-order valence-electron chi connectivity index (χ2n) is 2.71. The van der Waals surface area contributed by atoms with Crippen LogP contribution in [-0.2, 0) is 0 Å². The lowest BCUT2D eigenvalue weighted by Crippen LogP contribution is -2.27. The zero-order valence-electron chi connectivity index (χ0n) is 8.39. The van der Waals surface area contributed by atoms with Gasteiger partial charge < -0.3 is 10.1 Å².